The third-order valence-electron chi connectivity index (χ3n) is 10.7. The number of carbonyl (C=O) groups is 8. The van der Waals surface area contributed by atoms with Crippen molar-refractivity contribution in [3.05, 3.63) is 0 Å². The van der Waals surface area contributed by atoms with Crippen LogP contribution in [0.1, 0.15) is 84.0 Å². The second-order valence-corrected chi connectivity index (χ2v) is 15.7. The van der Waals surface area contributed by atoms with E-state index >= 15 is 0 Å². The standard InChI is InChI=1S/C37H63FN10O13/c1-18(38)31(55)43-16-24-27(52)28(53)29(54)30(61-24)36(60)41-12-6-5-10-21-33(57)46-20(11-7-13-42-37(39)40)32(56)44-17-25(49)45-23(15-26(50)51)35(59)48-22(34(58)47-21)14-19-8-3-2-4-9-19/h18-24,27-30,37,42,52-54H,2-17,39-40H2,1H3,(H,41,60)(H,43,55)(H,44,56)(H,45,49)(H,46,57)(H,47,58)(H,48,59)(H,50,51)/t18?,20?,21?,22?,23?,24-,27+,28?,29+,30?/m1/s1/i38-1. The molecular weight excluding hydrogens is 810 g/mol. The van der Waals surface area contributed by atoms with E-state index in [1.54, 1.807) is 0 Å². The van der Waals surface area contributed by atoms with Crippen LogP contribution < -0.4 is 54.0 Å². The van der Waals surface area contributed by atoms with Gasteiger partial charge in [-0.25, -0.2) is 4.39 Å². The van der Waals surface area contributed by atoms with Crippen LogP contribution >= 0.6 is 0 Å². The minimum atomic E-state index is -1.88. The lowest BCUT2D eigenvalue weighted by molar-refractivity contribution is -0.219. The van der Waals surface area contributed by atoms with Crippen LogP contribution in [0.3, 0.4) is 0 Å². The minimum Gasteiger partial charge on any atom is -0.481 e. The molecule has 0 aromatic rings. The number of aliphatic carboxylic acids is 1. The number of nitrogens with two attached hydrogens (primary N) is 2. The second-order valence-electron chi connectivity index (χ2n) is 15.7. The summed E-state index contributed by atoms with van der Waals surface area (Å²) in [4.78, 5) is 104. The summed E-state index contributed by atoms with van der Waals surface area (Å²) in [5.74, 6) is -7.47. The molecule has 61 heavy (non-hydrogen) atoms. The Hall–Kier alpha value is -4.59. The van der Waals surface area contributed by atoms with Gasteiger partial charge in [0.25, 0.3) is 11.8 Å². The predicted octanol–water partition coefficient (Wildman–Crippen LogP) is -5.32. The molecule has 7 amide bonds. The summed E-state index contributed by atoms with van der Waals surface area (Å²) >= 11 is 0. The molecule has 10 atom stereocenters. The number of hydrogen-bond acceptors (Lipinski definition) is 15. The van der Waals surface area contributed by atoms with E-state index in [-0.39, 0.29) is 57.5 Å². The number of carbonyl (C=O) groups excluding carboxylic acids is 7. The molecule has 0 spiro atoms. The van der Waals surface area contributed by atoms with Gasteiger partial charge in [-0.15, -0.1) is 0 Å². The summed E-state index contributed by atoms with van der Waals surface area (Å²) in [6.45, 7) is 0.0225. The Bertz CT molecular complexity index is 1520. The molecule has 0 radical (unpaired) electrons. The largest absolute Gasteiger partial charge is 0.481 e. The molecule has 23 nitrogen and oxygen atoms in total. The first kappa shape index (κ1) is 50.8. The van der Waals surface area contributed by atoms with Crippen molar-refractivity contribution in [2.24, 2.45) is 17.4 Å². The molecule has 1 saturated carbocycles. The number of halogens is 1. The molecule has 7 unspecified atom stereocenters. The van der Waals surface area contributed by atoms with Gasteiger partial charge in [0.05, 0.1) is 13.0 Å². The molecule has 0 aromatic heterocycles. The van der Waals surface area contributed by atoms with E-state index < -0.39 is 134 Å². The van der Waals surface area contributed by atoms with E-state index in [4.69, 9.17) is 16.2 Å². The maximum Gasteiger partial charge on any atom is 0.305 e. The quantitative estimate of drug-likeness (QED) is 0.0452. The molecule has 0 aromatic carbocycles. The van der Waals surface area contributed by atoms with E-state index in [0.29, 0.717) is 0 Å². The van der Waals surface area contributed by atoms with Crippen molar-refractivity contribution in [2.75, 3.05) is 26.2 Å². The Labute approximate surface area is 352 Å². The molecule has 2 aliphatic heterocycles. The number of amides is 7. The number of hydrogen-bond donors (Lipinski definition) is 14. The predicted molar refractivity (Wildman–Crippen MR) is 211 cm³/mol. The van der Waals surface area contributed by atoms with Gasteiger partial charge in [0.15, 0.2) is 12.3 Å². The number of ether oxygens (including phenoxy) is 1. The monoisotopic (exact) mass is 873 g/mol. The van der Waals surface area contributed by atoms with Crippen molar-refractivity contribution in [2.45, 2.75) is 151 Å². The Morgan fingerprint density at radius 2 is 1.38 bits per heavy atom. The van der Waals surface area contributed by atoms with Crippen LogP contribution in [0.2, 0.25) is 0 Å². The summed E-state index contributed by atoms with van der Waals surface area (Å²) in [6.07, 6.45) is -6.97. The first-order chi connectivity index (χ1) is 28.9. The number of unbranched alkanes of at least 4 members (excludes halogenated alkanes) is 1. The fourth-order valence-electron chi connectivity index (χ4n) is 7.30. The van der Waals surface area contributed by atoms with Gasteiger partial charge in [0.1, 0.15) is 54.9 Å². The molecule has 3 aliphatic rings. The van der Waals surface area contributed by atoms with Gasteiger partial charge in [-0.3, -0.25) is 43.7 Å². The average molecular weight is 874 g/mol. The van der Waals surface area contributed by atoms with Gasteiger partial charge in [-0.1, -0.05) is 32.1 Å². The lowest BCUT2D eigenvalue weighted by Gasteiger charge is -2.40. The molecule has 2 heterocycles. The summed E-state index contributed by atoms with van der Waals surface area (Å²) in [5.41, 5.74) is 11.1. The van der Waals surface area contributed by atoms with Crippen LogP contribution in [0.4, 0.5) is 4.39 Å². The fraction of sp³-hybridized carbons (Fsp3) is 0.784. The van der Waals surface area contributed by atoms with E-state index in [9.17, 15) is 63.2 Å². The van der Waals surface area contributed by atoms with Gasteiger partial charge in [0, 0.05) is 13.1 Å². The number of nitrogens with one attached hydrogen (secondary N) is 8. The summed E-state index contributed by atoms with van der Waals surface area (Å²) in [6, 6.07) is -5.38. The van der Waals surface area contributed by atoms with Crippen LogP contribution in [0, 0.1) is 5.92 Å². The third kappa shape index (κ3) is 17.0. The second kappa shape index (κ2) is 25.4. The Morgan fingerprint density at radius 3 is 2.02 bits per heavy atom. The number of aliphatic hydroxyl groups excluding tert-OH is 3. The zero-order chi connectivity index (χ0) is 45.2. The first-order valence-corrected chi connectivity index (χ1v) is 20.7. The van der Waals surface area contributed by atoms with Crippen molar-refractivity contribution in [3.8, 4) is 0 Å². The summed E-state index contributed by atoms with van der Waals surface area (Å²) in [5, 5.41) is 60.7. The van der Waals surface area contributed by atoms with Crippen molar-refractivity contribution < 1.29 is 67.9 Å². The van der Waals surface area contributed by atoms with E-state index in [1.807, 2.05) is 0 Å². The van der Waals surface area contributed by atoms with Gasteiger partial charge in [0.2, 0.25) is 29.5 Å². The molecule has 1 aliphatic carbocycles. The smallest absolute Gasteiger partial charge is 0.305 e. The van der Waals surface area contributed by atoms with Crippen LogP contribution in [0.25, 0.3) is 0 Å². The SMILES string of the molecule is CC([18F])C(=O)NC[C@H]1OC(C(=O)NCCCCC2NC(=O)C(CC3CCCCC3)NC(=O)C(CC(=O)O)NC(=O)CNC(=O)C(CCCNC(N)N)NC2=O)[C@@H](O)C(O)[C@H]1O. The molecular formula is C37H63FN10O13. The Morgan fingerprint density at radius 1 is 0.770 bits per heavy atom. The van der Waals surface area contributed by atoms with E-state index in [2.05, 4.69) is 42.5 Å². The minimum absolute atomic E-state index is 0.0145. The molecule has 346 valence electrons. The van der Waals surface area contributed by atoms with Gasteiger partial charge in [-0.05, 0) is 57.9 Å². The normalized spacial score (nSPS) is 29.1. The van der Waals surface area contributed by atoms with Crippen molar-refractivity contribution in [1.29, 1.82) is 0 Å². The highest BCUT2D eigenvalue weighted by Gasteiger charge is 2.46. The maximum atomic E-state index is 14.0. The first-order valence-electron chi connectivity index (χ1n) is 20.7. The van der Waals surface area contributed by atoms with Crippen LogP contribution in [-0.4, -0.2) is 161 Å². The van der Waals surface area contributed by atoms with Crippen molar-refractivity contribution in [1.82, 2.24) is 42.5 Å². The fourth-order valence-corrected chi connectivity index (χ4v) is 7.30. The van der Waals surface area contributed by atoms with Crippen LogP contribution in [-0.2, 0) is 43.1 Å². The number of rotatable bonds is 18. The van der Waals surface area contributed by atoms with Gasteiger partial charge >= 0.3 is 5.97 Å². The number of carboxylic acids is 1. The lowest BCUT2D eigenvalue weighted by atomic mass is 9.84. The maximum absolute atomic E-state index is 14.0. The lowest BCUT2D eigenvalue weighted by Crippen LogP contribution is -2.63. The number of alkyl halides is 1. The highest BCUT2D eigenvalue weighted by atomic mass is 18.2. The topological polar surface area (TPSA) is 375 Å². The van der Waals surface area contributed by atoms with Gasteiger partial charge < -0.3 is 73.8 Å². The van der Waals surface area contributed by atoms with E-state index in [1.165, 1.54) is 0 Å². The zero-order valence-corrected chi connectivity index (χ0v) is 34.2. The highest BCUT2D eigenvalue weighted by molar-refractivity contribution is 5.98. The Balaban J connectivity index is 1.79. The van der Waals surface area contributed by atoms with Crippen LogP contribution in [0.5, 0.6) is 0 Å². The van der Waals surface area contributed by atoms with Crippen LogP contribution in [0.15, 0.2) is 0 Å². The third-order valence-corrected chi connectivity index (χ3v) is 10.7. The molecule has 2 saturated heterocycles. The number of aliphatic hydroxyl groups is 3. The molecule has 16 N–H and O–H groups in total. The zero-order valence-electron chi connectivity index (χ0n) is 34.2. The van der Waals surface area contributed by atoms with E-state index in [0.717, 1.165) is 39.0 Å². The Kier molecular flexibility index (Phi) is 21.1. The van der Waals surface area contributed by atoms with Crippen molar-refractivity contribution in [3.63, 3.8) is 0 Å². The highest BCUT2D eigenvalue weighted by Crippen LogP contribution is 2.28. The average Bonchev–Trinajstić information content (AvgIpc) is 3.21. The molecule has 3 fully saturated rings. The summed E-state index contributed by atoms with van der Waals surface area (Å²) in [7, 11) is 0. The molecule has 0 bridgehead atoms. The molecule has 24 heteroatoms. The summed E-state index contributed by atoms with van der Waals surface area (Å²) < 4.78 is 18.8. The number of carboxylic acid groups (broad SMARTS) is 1. The van der Waals surface area contributed by atoms with Crippen molar-refractivity contribution >= 4 is 47.3 Å². The van der Waals surface area contributed by atoms with Gasteiger partial charge in [-0.2, -0.15) is 0 Å². The molecule has 3 rings (SSSR count).